The molecule has 6 heteroatoms. The third-order valence-electron chi connectivity index (χ3n) is 1.40. The molecule has 0 amide bonds. The fourth-order valence-electron chi connectivity index (χ4n) is 0.793. The molecule has 72 valence electrons. The summed E-state index contributed by atoms with van der Waals surface area (Å²) >= 11 is 0. The lowest BCUT2D eigenvalue weighted by Crippen LogP contribution is -2.23. The van der Waals surface area contributed by atoms with Crippen LogP contribution in [-0.2, 0) is 10.0 Å². The molecule has 0 aliphatic heterocycles. The van der Waals surface area contributed by atoms with Crippen LogP contribution in [0.1, 0.15) is 12.7 Å². The number of nitrogens with zero attached hydrogens (tertiary/aromatic N) is 2. The molecule has 0 atom stereocenters. The van der Waals surface area contributed by atoms with E-state index in [1.807, 2.05) is 0 Å². The predicted molar refractivity (Wildman–Crippen MR) is 47.6 cm³/mol. The minimum atomic E-state index is -3.40. The average Bonchev–Trinajstić information content (AvgIpc) is 2.05. The van der Waals surface area contributed by atoms with Gasteiger partial charge in [-0.25, -0.2) is 23.1 Å². The maximum Gasteiger partial charge on any atom is 0.243 e. The number of hydrogen-bond acceptors (Lipinski definition) is 4. The first-order valence-corrected chi connectivity index (χ1v) is 5.33. The topological polar surface area (TPSA) is 72.0 Å². The van der Waals surface area contributed by atoms with Gasteiger partial charge in [0.05, 0.1) is 12.4 Å². The Morgan fingerprint density at radius 1 is 1.38 bits per heavy atom. The highest BCUT2D eigenvalue weighted by atomic mass is 32.2. The first-order chi connectivity index (χ1) is 6.06. The maximum atomic E-state index is 11.4. The lowest BCUT2D eigenvalue weighted by Gasteiger charge is -2.02. The smallest absolute Gasteiger partial charge is 0.240 e. The monoisotopic (exact) mass is 201 g/mol. The summed E-state index contributed by atoms with van der Waals surface area (Å²) < 4.78 is 25.1. The number of hydrogen-bond donors (Lipinski definition) is 1. The van der Waals surface area contributed by atoms with Crippen LogP contribution in [0.2, 0.25) is 0 Å². The molecular formula is C7H11N3O2S. The zero-order valence-electron chi connectivity index (χ0n) is 7.48. The number of aromatic nitrogens is 2. The third-order valence-corrected chi connectivity index (χ3v) is 2.90. The Morgan fingerprint density at radius 3 is 2.38 bits per heavy atom. The molecule has 0 saturated carbocycles. The summed E-state index contributed by atoms with van der Waals surface area (Å²) in [6.45, 7) is 3.77. The Hall–Kier alpha value is -1.01. The van der Waals surface area contributed by atoms with Gasteiger partial charge in [0.25, 0.3) is 0 Å². The fraction of sp³-hybridized carbons (Fsp3) is 0.429. The van der Waals surface area contributed by atoms with Crippen molar-refractivity contribution < 1.29 is 8.42 Å². The molecule has 5 nitrogen and oxygen atoms in total. The summed E-state index contributed by atoms with van der Waals surface area (Å²) in [5.74, 6) is 0.551. The summed E-state index contributed by atoms with van der Waals surface area (Å²) in [6, 6.07) is 0. The van der Waals surface area contributed by atoms with Crippen molar-refractivity contribution in [1.29, 1.82) is 0 Å². The van der Waals surface area contributed by atoms with Gasteiger partial charge in [-0.1, -0.05) is 6.92 Å². The van der Waals surface area contributed by atoms with Crippen molar-refractivity contribution in [1.82, 2.24) is 14.7 Å². The van der Waals surface area contributed by atoms with Crippen molar-refractivity contribution in [2.75, 3.05) is 6.54 Å². The minimum Gasteiger partial charge on any atom is -0.240 e. The Labute approximate surface area is 77.3 Å². The number of sulfonamides is 1. The van der Waals surface area contributed by atoms with Gasteiger partial charge in [0.2, 0.25) is 10.0 Å². The van der Waals surface area contributed by atoms with Crippen LogP contribution in [0.3, 0.4) is 0 Å². The summed E-state index contributed by atoms with van der Waals surface area (Å²) in [5.41, 5.74) is 0. The molecule has 0 radical (unpaired) electrons. The molecule has 1 aromatic heterocycles. The second-order valence-corrected chi connectivity index (χ2v) is 4.23. The second-order valence-electron chi connectivity index (χ2n) is 2.47. The summed E-state index contributed by atoms with van der Waals surface area (Å²) in [7, 11) is -3.40. The Bertz CT molecular complexity index is 371. The van der Waals surface area contributed by atoms with Crippen LogP contribution in [0.5, 0.6) is 0 Å². The molecule has 1 rings (SSSR count). The zero-order valence-corrected chi connectivity index (χ0v) is 8.30. The second kappa shape index (κ2) is 3.80. The van der Waals surface area contributed by atoms with E-state index in [0.717, 1.165) is 0 Å². The fourth-order valence-corrected chi connectivity index (χ4v) is 1.72. The van der Waals surface area contributed by atoms with Crippen LogP contribution < -0.4 is 4.72 Å². The molecule has 0 aromatic carbocycles. The normalized spacial score (nSPS) is 11.5. The molecular weight excluding hydrogens is 190 g/mol. The van der Waals surface area contributed by atoms with Gasteiger partial charge in [0.1, 0.15) is 10.7 Å². The van der Waals surface area contributed by atoms with Gasteiger partial charge in [0, 0.05) is 6.54 Å². The van der Waals surface area contributed by atoms with E-state index >= 15 is 0 Å². The van der Waals surface area contributed by atoms with E-state index in [4.69, 9.17) is 0 Å². The maximum absolute atomic E-state index is 11.4. The van der Waals surface area contributed by atoms with Gasteiger partial charge in [-0.3, -0.25) is 0 Å². The minimum absolute atomic E-state index is 0.0972. The molecule has 0 bridgehead atoms. The van der Waals surface area contributed by atoms with E-state index in [9.17, 15) is 8.42 Å². The number of rotatable bonds is 3. The van der Waals surface area contributed by atoms with Gasteiger partial charge < -0.3 is 0 Å². The largest absolute Gasteiger partial charge is 0.243 e. The van der Waals surface area contributed by atoms with Crippen LogP contribution >= 0.6 is 0 Å². The van der Waals surface area contributed by atoms with Crippen LogP contribution in [0.15, 0.2) is 17.3 Å². The highest BCUT2D eigenvalue weighted by molar-refractivity contribution is 7.89. The van der Waals surface area contributed by atoms with Crippen LogP contribution in [-0.4, -0.2) is 24.9 Å². The van der Waals surface area contributed by atoms with E-state index in [0.29, 0.717) is 12.4 Å². The Kier molecular flexibility index (Phi) is 2.94. The molecule has 1 heterocycles. The Balaban J connectivity index is 3.02. The van der Waals surface area contributed by atoms with E-state index in [-0.39, 0.29) is 4.90 Å². The quantitative estimate of drug-likeness (QED) is 0.752. The van der Waals surface area contributed by atoms with Gasteiger partial charge in [-0.2, -0.15) is 0 Å². The lowest BCUT2D eigenvalue weighted by molar-refractivity contribution is 0.583. The summed E-state index contributed by atoms with van der Waals surface area (Å²) in [5, 5.41) is 0. The standard InChI is InChI=1S/C7H11N3O2S/c1-3-10-13(11,12)7-4-8-6(2)9-5-7/h4-5,10H,3H2,1-2H3. The van der Waals surface area contributed by atoms with E-state index in [1.54, 1.807) is 13.8 Å². The molecule has 0 aliphatic carbocycles. The molecule has 13 heavy (non-hydrogen) atoms. The van der Waals surface area contributed by atoms with Gasteiger partial charge in [-0.05, 0) is 6.92 Å². The number of aryl methyl sites for hydroxylation is 1. The molecule has 0 spiro atoms. The van der Waals surface area contributed by atoms with Crippen molar-refractivity contribution in [3.63, 3.8) is 0 Å². The Morgan fingerprint density at radius 2 is 1.92 bits per heavy atom. The highest BCUT2D eigenvalue weighted by Gasteiger charge is 2.12. The van der Waals surface area contributed by atoms with E-state index in [2.05, 4.69) is 14.7 Å². The first kappa shape index (κ1) is 10.1. The van der Waals surface area contributed by atoms with Gasteiger partial charge >= 0.3 is 0 Å². The third kappa shape index (κ3) is 2.46. The van der Waals surface area contributed by atoms with Gasteiger partial charge in [-0.15, -0.1) is 0 Å². The highest BCUT2D eigenvalue weighted by Crippen LogP contribution is 2.03. The van der Waals surface area contributed by atoms with Crippen LogP contribution in [0.25, 0.3) is 0 Å². The van der Waals surface area contributed by atoms with Crippen molar-refractivity contribution in [2.24, 2.45) is 0 Å². The number of nitrogens with one attached hydrogen (secondary N) is 1. The van der Waals surface area contributed by atoms with Gasteiger partial charge in [0.15, 0.2) is 0 Å². The molecule has 0 fully saturated rings. The molecule has 0 saturated heterocycles. The van der Waals surface area contributed by atoms with Crippen LogP contribution in [0.4, 0.5) is 0 Å². The molecule has 0 unspecified atom stereocenters. The predicted octanol–water partition coefficient (Wildman–Crippen LogP) is 0.0832. The summed E-state index contributed by atoms with van der Waals surface area (Å²) in [6.07, 6.45) is 2.58. The van der Waals surface area contributed by atoms with Crippen molar-refractivity contribution in [2.45, 2.75) is 18.7 Å². The molecule has 1 aromatic rings. The van der Waals surface area contributed by atoms with Crippen LogP contribution in [0, 0.1) is 6.92 Å². The average molecular weight is 201 g/mol. The lowest BCUT2D eigenvalue weighted by atomic mass is 10.6. The SMILES string of the molecule is CCNS(=O)(=O)c1cnc(C)nc1. The zero-order chi connectivity index (χ0) is 9.90. The summed E-state index contributed by atoms with van der Waals surface area (Å²) in [4.78, 5) is 7.69. The van der Waals surface area contributed by atoms with Crippen molar-refractivity contribution in [3.05, 3.63) is 18.2 Å². The molecule has 1 N–H and O–H groups in total. The molecule has 0 aliphatic rings. The van der Waals surface area contributed by atoms with Crippen molar-refractivity contribution in [3.8, 4) is 0 Å². The van der Waals surface area contributed by atoms with E-state index in [1.165, 1.54) is 12.4 Å². The first-order valence-electron chi connectivity index (χ1n) is 3.84. The van der Waals surface area contributed by atoms with E-state index < -0.39 is 10.0 Å². The van der Waals surface area contributed by atoms with Crippen molar-refractivity contribution >= 4 is 10.0 Å².